The van der Waals surface area contributed by atoms with Crippen molar-refractivity contribution in [3.05, 3.63) is 53.1 Å². The molecule has 2 rings (SSSR count). The summed E-state index contributed by atoms with van der Waals surface area (Å²) < 4.78 is 50.8. The molecule has 2 nitrogen and oxygen atoms in total. The van der Waals surface area contributed by atoms with Crippen LogP contribution < -0.4 is 0 Å². The zero-order valence-electron chi connectivity index (χ0n) is 10.7. The van der Waals surface area contributed by atoms with Gasteiger partial charge in [-0.15, -0.1) is 0 Å². The Bertz CT molecular complexity index is 769. The molecule has 0 amide bonds. The maximum atomic E-state index is 12.8. The summed E-state index contributed by atoms with van der Waals surface area (Å²) in [6.07, 6.45) is -4.60. The highest BCUT2D eigenvalue weighted by atomic mass is 35.5. The van der Waals surface area contributed by atoms with Gasteiger partial charge in [0.2, 0.25) is 0 Å². The lowest BCUT2D eigenvalue weighted by Gasteiger charge is -2.11. The van der Waals surface area contributed by atoms with E-state index in [4.69, 9.17) is 11.6 Å². The number of aliphatic imine (C=N–C) groups is 1. The fraction of sp³-hybridized carbons (Fsp3) is 0.0714. The van der Waals surface area contributed by atoms with E-state index in [9.17, 15) is 17.4 Å². The van der Waals surface area contributed by atoms with Crippen molar-refractivity contribution in [1.29, 1.82) is 0 Å². The monoisotopic (exact) mass is 361 g/mol. The Labute approximate surface area is 137 Å². The van der Waals surface area contributed by atoms with Crippen molar-refractivity contribution in [1.82, 2.24) is 0 Å². The average molecular weight is 362 g/mol. The topological polar surface area (TPSA) is 29.4 Å². The number of isothiocyanates is 1. The van der Waals surface area contributed by atoms with E-state index in [-0.39, 0.29) is 4.90 Å². The second kappa shape index (κ2) is 6.71. The van der Waals surface area contributed by atoms with Crippen LogP contribution in [-0.2, 0) is 17.0 Å². The molecule has 0 fully saturated rings. The molecule has 0 spiro atoms. The minimum Gasteiger partial charge on any atom is -0.249 e. The second-order valence-electron chi connectivity index (χ2n) is 4.11. The Morgan fingerprint density at radius 3 is 2.23 bits per heavy atom. The van der Waals surface area contributed by atoms with Gasteiger partial charge in [0.15, 0.2) is 0 Å². The van der Waals surface area contributed by atoms with Gasteiger partial charge in [0, 0.05) is 9.79 Å². The second-order valence-corrected chi connectivity index (χ2v) is 6.18. The molecule has 22 heavy (non-hydrogen) atoms. The van der Waals surface area contributed by atoms with Crippen molar-refractivity contribution in [3.63, 3.8) is 0 Å². The normalized spacial score (nSPS) is 12.5. The van der Waals surface area contributed by atoms with Crippen molar-refractivity contribution in [2.24, 2.45) is 4.99 Å². The van der Waals surface area contributed by atoms with Crippen LogP contribution >= 0.6 is 23.8 Å². The van der Waals surface area contributed by atoms with Crippen molar-refractivity contribution in [2.75, 3.05) is 0 Å². The largest absolute Gasteiger partial charge is 0.417 e. The van der Waals surface area contributed by atoms with Gasteiger partial charge in [-0.3, -0.25) is 0 Å². The third kappa shape index (κ3) is 3.81. The van der Waals surface area contributed by atoms with Crippen LogP contribution in [0.2, 0.25) is 5.02 Å². The lowest BCUT2D eigenvalue weighted by atomic mass is 10.2. The first-order valence-corrected chi connectivity index (χ1v) is 7.73. The van der Waals surface area contributed by atoms with E-state index < -0.39 is 27.6 Å². The number of nitrogens with zero attached hydrogens (tertiary/aromatic N) is 1. The van der Waals surface area contributed by atoms with E-state index in [1.54, 1.807) is 12.1 Å². The van der Waals surface area contributed by atoms with Crippen LogP contribution in [0.4, 0.5) is 18.9 Å². The SMILES string of the molecule is O=S(c1ccc(N=C=S)cc1)c1ccc(Cl)c(C(F)(F)F)c1. The summed E-state index contributed by atoms with van der Waals surface area (Å²) in [6, 6.07) is 9.29. The summed E-state index contributed by atoms with van der Waals surface area (Å²) in [5.41, 5.74) is -0.496. The van der Waals surface area contributed by atoms with E-state index in [1.807, 2.05) is 0 Å². The summed E-state index contributed by atoms with van der Waals surface area (Å²) in [5.74, 6) is 0. The van der Waals surface area contributed by atoms with Gasteiger partial charge < -0.3 is 0 Å². The summed E-state index contributed by atoms with van der Waals surface area (Å²) >= 11 is 10.00. The summed E-state index contributed by atoms with van der Waals surface area (Å²) in [6.45, 7) is 0. The molecule has 114 valence electrons. The first-order chi connectivity index (χ1) is 10.3. The van der Waals surface area contributed by atoms with Gasteiger partial charge in [-0.25, -0.2) is 4.21 Å². The minimum absolute atomic E-state index is 0.0165. The lowest BCUT2D eigenvalue weighted by molar-refractivity contribution is -0.137. The molecular weight excluding hydrogens is 355 g/mol. The number of benzene rings is 2. The van der Waals surface area contributed by atoms with E-state index in [2.05, 4.69) is 22.4 Å². The zero-order valence-corrected chi connectivity index (χ0v) is 13.1. The third-order valence-corrected chi connectivity index (χ3v) is 4.49. The van der Waals surface area contributed by atoms with Crippen molar-refractivity contribution >= 4 is 45.5 Å². The molecule has 1 unspecified atom stereocenters. The predicted octanol–water partition coefficient (Wildman–Crippen LogP) is 5.26. The molecule has 0 heterocycles. The Kier molecular flexibility index (Phi) is 5.13. The molecule has 0 saturated heterocycles. The molecule has 0 saturated carbocycles. The molecule has 0 aliphatic carbocycles. The van der Waals surface area contributed by atoms with Crippen LogP contribution in [0.25, 0.3) is 0 Å². The number of halogens is 4. The van der Waals surface area contributed by atoms with Gasteiger partial charge in [-0.05, 0) is 54.7 Å². The molecule has 0 N–H and O–H groups in total. The van der Waals surface area contributed by atoms with Gasteiger partial charge in [-0.1, -0.05) is 11.6 Å². The van der Waals surface area contributed by atoms with Gasteiger partial charge >= 0.3 is 6.18 Å². The van der Waals surface area contributed by atoms with Crippen LogP contribution in [-0.4, -0.2) is 9.37 Å². The van der Waals surface area contributed by atoms with Gasteiger partial charge in [0.05, 0.1) is 32.2 Å². The van der Waals surface area contributed by atoms with Crippen LogP contribution in [0, 0.1) is 0 Å². The Morgan fingerprint density at radius 1 is 1.09 bits per heavy atom. The number of thiocarbonyl (C=S) groups is 1. The Morgan fingerprint density at radius 2 is 1.68 bits per heavy atom. The van der Waals surface area contributed by atoms with Crippen molar-refractivity contribution < 1.29 is 17.4 Å². The Balaban J connectivity index is 2.39. The molecule has 2 aromatic carbocycles. The molecule has 0 aromatic heterocycles. The highest BCUT2D eigenvalue weighted by molar-refractivity contribution is 7.85. The first kappa shape index (κ1) is 16.8. The minimum atomic E-state index is -4.60. The zero-order chi connectivity index (χ0) is 16.3. The van der Waals surface area contributed by atoms with Crippen LogP contribution in [0.15, 0.2) is 57.2 Å². The third-order valence-electron chi connectivity index (χ3n) is 2.68. The fourth-order valence-corrected chi connectivity index (χ4v) is 3.07. The molecular formula is C14H7ClF3NOS2. The summed E-state index contributed by atoms with van der Waals surface area (Å²) in [4.78, 5) is 4.10. The quantitative estimate of drug-likeness (QED) is 0.551. The Hall–Kier alpha value is -1.53. The maximum absolute atomic E-state index is 12.8. The number of alkyl halides is 3. The van der Waals surface area contributed by atoms with E-state index in [0.29, 0.717) is 10.6 Å². The molecule has 8 heteroatoms. The van der Waals surface area contributed by atoms with E-state index in [0.717, 1.165) is 12.1 Å². The molecule has 0 aliphatic heterocycles. The first-order valence-electron chi connectivity index (χ1n) is 5.79. The fourth-order valence-electron chi connectivity index (χ4n) is 1.67. The highest BCUT2D eigenvalue weighted by Gasteiger charge is 2.33. The van der Waals surface area contributed by atoms with Gasteiger partial charge in [0.1, 0.15) is 0 Å². The van der Waals surface area contributed by atoms with Crippen LogP contribution in [0.3, 0.4) is 0 Å². The lowest BCUT2D eigenvalue weighted by Crippen LogP contribution is -2.07. The van der Waals surface area contributed by atoms with Gasteiger partial charge in [0.25, 0.3) is 0 Å². The maximum Gasteiger partial charge on any atom is 0.417 e. The smallest absolute Gasteiger partial charge is 0.249 e. The van der Waals surface area contributed by atoms with E-state index >= 15 is 0 Å². The summed E-state index contributed by atoms with van der Waals surface area (Å²) in [5, 5.41) is 1.76. The number of hydrogen-bond donors (Lipinski definition) is 0. The molecule has 2 aromatic rings. The van der Waals surface area contributed by atoms with E-state index in [1.165, 1.54) is 18.2 Å². The number of rotatable bonds is 3. The van der Waals surface area contributed by atoms with Crippen molar-refractivity contribution in [2.45, 2.75) is 16.0 Å². The van der Waals surface area contributed by atoms with Crippen LogP contribution in [0.5, 0.6) is 0 Å². The molecule has 1 atom stereocenters. The number of hydrogen-bond acceptors (Lipinski definition) is 3. The van der Waals surface area contributed by atoms with Crippen LogP contribution in [0.1, 0.15) is 5.56 Å². The molecule has 0 bridgehead atoms. The highest BCUT2D eigenvalue weighted by Crippen LogP contribution is 2.36. The molecule has 0 aliphatic rings. The molecule has 0 radical (unpaired) electrons. The van der Waals surface area contributed by atoms with Gasteiger partial charge in [-0.2, -0.15) is 18.2 Å². The van der Waals surface area contributed by atoms with Crippen molar-refractivity contribution in [3.8, 4) is 0 Å². The summed E-state index contributed by atoms with van der Waals surface area (Å²) in [7, 11) is -1.76. The standard InChI is InChI=1S/C14H7ClF3NOS2/c15-13-6-5-11(7-12(13)14(16,17)18)22(20)10-3-1-9(2-4-10)19-8-21/h1-7H. The average Bonchev–Trinajstić information content (AvgIpc) is 2.47. The predicted molar refractivity (Wildman–Crippen MR) is 82.3 cm³/mol.